The Bertz CT molecular complexity index is 425. The minimum atomic E-state index is -0.553. The van der Waals surface area contributed by atoms with Crippen molar-refractivity contribution in [1.82, 2.24) is 4.90 Å². The molecule has 5 heteroatoms. The van der Waals surface area contributed by atoms with Crippen LogP contribution in [0.25, 0.3) is 0 Å². The van der Waals surface area contributed by atoms with Crippen LogP contribution in [0.3, 0.4) is 0 Å². The highest BCUT2D eigenvalue weighted by molar-refractivity contribution is 5.43. The van der Waals surface area contributed by atoms with E-state index in [2.05, 4.69) is 4.90 Å². The SMILES string of the molecule is CCOc1ccc(C(O)CCN(CC)CCO)cc1OCC. The van der Waals surface area contributed by atoms with Gasteiger partial charge in [-0.2, -0.15) is 0 Å². The zero-order valence-corrected chi connectivity index (χ0v) is 13.9. The molecule has 1 aromatic rings. The number of hydrogen-bond donors (Lipinski definition) is 2. The molecule has 1 aromatic carbocycles. The van der Waals surface area contributed by atoms with Gasteiger partial charge in [-0.05, 0) is 44.5 Å². The number of hydrogen-bond acceptors (Lipinski definition) is 5. The molecule has 1 rings (SSSR count). The van der Waals surface area contributed by atoms with Gasteiger partial charge in [0.05, 0.1) is 25.9 Å². The Morgan fingerprint density at radius 3 is 2.32 bits per heavy atom. The first-order valence-electron chi connectivity index (χ1n) is 8.06. The fourth-order valence-corrected chi connectivity index (χ4v) is 2.32. The topological polar surface area (TPSA) is 62.2 Å². The highest BCUT2D eigenvalue weighted by Crippen LogP contribution is 2.31. The summed E-state index contributed by atoms with van der Waals surface area (Å²) in [6.07, 6.45) is 0.0653. The Morgan fingerprint density at radius 2 is 1.73 bits per heavy atom. The first-order chi connectivity index (χ1) is 10.7. The van der Waals surface area contributed by atoms with E-state index in [0.717, 1.165) is 18.7 Å². The second-order valence-electron chi connectivity index (χ2n) is 5.03. The van der Waals surface area contributed by atoms with E-state index < -0.39 is 6.10 Å². The third kappa shape index (κ3) is 5.83. The molecule has 0 bridgehead atoms. The van der Waals surface area contributed by atoms with Crippen molar-refractivity contribution in [2.75, 3.05) is 39.5 Å². The van der Waals surface area contributed by atoms with Crippen molar-refractivity contribution in [3.63, 3.8) is 0 Å². The molecule has 0 amide bonds. The Hall–Kier alpha value is -1.30. The van der Waals surface area contributed by atoms with Gasteiger partial charge in [-0.3, -0.25) is 0 Å². The van der Waals surface area contributed by atoms with Crippen molar-refractivity contribution in [3.05, 3.63) is 23.8 Å². The molecule has 0 heterocycles. The van der Waals surface area contributed by atoms with Crippen LogP contribution in [0, 0.1) is 0 Å². The van der Waals surface area contributed by atoms with E-state index in [4.69, 9.17) is 14.6 Å². The van der Waals surface area contributed by atoms with Crippen LogP contribution in [-0.4, -0.2) is 54.6 Å². The van der Waals surface area contributed by atoms with Crippen LogP contribution < -0.4 is 9.47 Å². The summed E-state index contributed by atoms with van der Waals surface area (Å²) in [6.45, 7) is 9.42. The first-order valence-corrected chi connectivity index (χ1v) is 8.06. The predicted molar refractivity (Wildman–Crippen MR) is 87.6 cm³/mol. The lowest BCUT2D eigenvalue weighted by Gasteiger charge is -2.21. The van der Waals surface area contributed by atoms with Gasteiger partial charge in [-0.1, -0.05) is 13.0 Å². The van der Waals surface area contributed by atoms with Gasteiger partial charge in [-0.15, -0.1) is 0 Å². The van der Waals surface area contributed by atoms with Gasteiger partial charge in [0.25, 0.3) is 0 Å². The number of ether oxygens (including phenoxy) is 2. The van der Waals surface area contributed by atoms with Gasteiger partial charge in [0.1, 0.15) is 0 Å². The maximum Gasteiger partial charge on any atom is 0.161 e. The predicted octanol–water partition coefficient (Wildman–Crippen LogP) is 2.22. The van der Waals surface area contributed by atoms with Crippen molar-refractivity contribution in [3.8, 4) is 11.5 Å². The summed E-state index contributed by atoms with van der Waals surface area (Å²) < 4.78 is 11.1. The Balaban J connectivity index is 2.71. The van der Waals surface area contributed by atoms with Crippen LogP contribution in [-0.2, 0) is 0 Å². The van der Waals surface area contributed by atoms with Crippen LogP contribution in [0.4, 0.5) is 0 Å². The quantitative estimate of drug-likeness (QED) is 0.656. The molecule has 0 saturated carbocycles. The van der Waals surface area contributed by atoms with Crippen LogP contribution >= 0.6 is 0 Å². The molecular formula is C17H29NO4. The van der Waals surface area contributed by atoms with Gasteiger partial charge in [0, 0.05) is 13.1 Å². The number of aliphatic hydroxyl groups is 2. The average molecular weight is 311 g/mol. The van der Waals surface area contributed by atoms with Crippen LogP contribution in [0.15, 0.2) is 18.2 Å². The molecule has 22 heavy (non-hydrogen) atoms. The van der Waals surface area contributed by atoms with Crippen molar-refractivity contribution in [1.29, 1.82) is 0 Å². The summed E-state index contributed by atoms with van der Waals surface area (Å²) in [5.74, 6) is 1.37. The van der Waals surface area contributed by atoms with E-state index in [1.54, 1.807) is 0 Å². The fourth-order valence-electron chi connectivity index (χ4n) is 2.32. The minimum absolute atomic E-state index is 0.140. The monoisotopic (exact) mass is 311 g/mol. The lowest BCUT2D eigenvalue weighted by molar-refractivity contribution is 0.133. The van der Waals surface area contributed by atoms with E-state index in [0.29, 0.717) is 37.7 Å². The largest absolute Gasteiger partial charge is 0.490 e. The first kappa shape index (κ1) is 18.7. The molecule has 0 fully saturated rings. The van der Waals surface area contributed by atoms with Gasteiger partial charge < -0.3 is 24.6 Å². The zero-order chi connectivity index (χ0) is 16.4. The highest BCUT2D eigenvalue weighted by Gasteiger charge is 2.13. The van der Waals surface area contributed by atoms with Crippen molar-refractivity contribution >= 4 is 0 Å². The van der Waals surface area contributed by atoms with E-state index in [1.165, 1.54) is 0 Å². The molecule has 126 valence electrons. The zero-order valence-electron chi connectivity index (χ0n) is 13.9. The molecule has 1 unspecified atom stereocenters. The molecule has 0 aliphatic rings. The number of benzene rings is 1. The Morgan fingerprint density at radius 1 is 1.05 bits per heavy atom. The van der Waals surface area contributed by atoms with E-state index in [-0.39, 0.29) is 6.61 Å². The third-order valence-corrected chi connectivity index (χ3v) is 3.53. The number of nitrogens with zero attached hydrogens (tertiary/aromatic N) is 1. The van der Waals surface area contributed by atoms with Crippen LogP contribution in [0.2, 0.25) is 0 Å². The van der Waals surface area contributed by atoms with E-state index in [1.807, 2.05) is 39.0 Å². The summed E-state index contributed by atoms with van der Waals surface area (Å²) in [5.41, 5.74) is 0.826. The van der Waals surface area contributed by atoms with E-state index >= 15 is 0 Å². The second kappa shape index (κ2) is 10.4. The van der Waals surface area contributed by atoms with Crippen molar-refractivity contribution < 1.29 is 19.7 Å². The number of aliphatic hydroxyl groups excluding tert-OH is 2. The Labute approximate surface area is 133 Å². The number of rotatable bonds is 11. The van der Waals surface area contributed by atoms with Crippen LogP contribution in [0.1, 0.15) is 38.9 Å². The van der Waals surface area contributed by atoms with Gasteiger partial charge in [0.15, 0.2) is 11.5 Å². The average Bonchev–Trinajstić information content (AvgIpc) is 2.53. The van der Waals surface area contributed by atoms with E-state index in [9.17, 15) is 5.11 Å². The molecule has 2 N–H and O–H groups in total. The molecular weight excluding hydrogens is 282 g/mol. The molecule has 0 aromatic heterocycles. The molecule has 0 aliphatic carbocycles. The van der Waals surface area contributed by atoms with Gasteiger partial charge in [-0.25, -0.2) is 0 Å². The lowest BCUT2D eigenvalue weighted by atomic mass is 10.1. The van der Waals surface area contributed by atoms with Crippen molar-refractivity contribution in [2.45, 2.75) is 33.3 Å². The maximum absolute atomic E-state index is 10.4. The summed E-state index contributed by atoms with van der Waals surface area (Å²) in [7, 11) is 0. The highest BCUT2D eigenvalue weighted by atomic mass is 16.5. The van der Waals surface area contributed by atoms with Gasteiger partial charge >= 0.3 is 0 Å². The maximum atomic E-state index is 10.4. The third-order valence-electron chi connectivity index (χ3n) is 3.53. The van der Waals surface area contributed by atoms with Crippen molar-refractivity contribution in [2.24, 2.45) is 0 Å². The fraction of sp³-hybridized carbons (Fsp3) is 0.647. The summed E-state index contributed by atoms with van der Waals surface area (Å²) in [6, 6.07) is 5.57. The Kier molecular flexibility index (Phi) is 8.89. The molecule has 0 aliphatic heterocycles. The normalized spacial score (nSPS) is 12.5. The second-order valence-corrected chi connectivity index (χ2v) is 5.03. The van der Waals surface area contributed by atoms with Crippen LogP contribution in [0.5, 0.6) is 11.5 Å². The lowest BCUT2D eigenvalue weighted by Crippen LogP contribution is -2.28. The summed E-state index contributed by atoms with van der Waals surface area (Å²) in [5, 5.41) is 19.4. The molecule has 5 nitrogen and oxygen atoms in total. The molecule has 0 saturated heterocycles. The molecule has 1 atom stereocenters. The smallest absolute Gasteiger partial charge is 0.161 e. The summed E-state index contributed by atoms with van der Waals surface area (Å²) in [4.78, 5) is 2.11. The minimum Gasteiger partial charge on any atom is -0.490 e. The molecule has 0 spiro atoms. The van der Waals surface area contributed by atoms with Gasteiger partial charge in [0.2, 0.25) is 0 Å². The summed E-state index contributed by atoms with van der Waals surface area (Å²) >= 11 is 0. The molecule has 0 radical (unpaired) electrons. The standard InChI is InChI=1S/C17H29NO4/c1-4-18(11-12-19)10-9-15(20)14-7-8-16(21-5-2)17(13-14)22-6-3/h7-8,13,15,19-20H,4-6,9-12H2,1-3H3. The number of likely N-dealkylation sites (N-methyl/N-ethyl adjacent to an activating group) is 1.